The Kier molecular flexibility index (Phi) is 8.10. The maximum atomic E-state index is 13.9. The summed E-state index contributed by atoms with van der Waals surface area (Å²) in [6, 6.07) is 23.0. The van der Waals surface area contributed by atoms with Crippen molar-refractivity contribution in [3.8, 4) is 11.1 Å². The number of hydrogen-bond acceptors (Lipinski definition) is 5. The van der Waals surface area contributed by atoms with Crippen LogP contribution < -0.4 is 5.32 Å². The van der Waals surface area contributed by atoms with Crippen LogP contribution in [0, 0.1) is 0 Å². The van der Waals surface area contributed by atoms with Gasteiger partial charge in [0.05, 0.1) is 25.4 Å². The van der Waals surface area contributed by atoms with Gasteiger partial charge in [-0.05, 0) is 36.1 Å². The third-order valence-corrected chi connectivity index (χ3v) is 6.96. The number of carbonyl (C=O) groups is 2. The fourth-order valence-electron chi connectivity index (χ4n) is 4.76. The largest absolute Gasteiger partial charge is 0.383 e. The van der Waals surface area contributed by atoms with Crippen molar-refractivity contribution < 1.29 is 14.3 Å². The van der Waals surface area contributed by atoms with Crippen molar-refractivity contribution in [2.75, 3.05) is 20.3 Å². The lowest BCUT2D eigenvalue weighted by Crippen LogP contribution is -2.30. The minimum atomic E-state index is -0.486. The molecule has 39 heavy (non-hydrogen) atoms. The van der Waals surface area contributed by atoms with E-state index in [9.17, 15) is 9.59 Å². The SMILES string of the molecule is COCCn1cc(-c2ccc3c(C(=O)[C@H](NCCc4ccc(C(C)=O)cc4)c4ccccc4)c[nH]c3c2)cn1. The van der Waals surface area contributed by atoms with Crippen molar-refractivity contribution in [2.45, 2.75) is 25.9 Å². The molecule has 0 aliphatic heterocycles. The van der Waals surface area contributed by atoms with Gasteiger partial charge in [0.1, 0.15) is 0 Å². The van der Waals surface area contributed by atoms with Crippen molar-refractivity contribution in [3.63, 3.8) is 0 Å². The van der Waals surface area contributed by atoms with Crippen LogP contribution in [0.4, 0.5) is 0 Å². The van der Waals surface area contributed by atoms with Crippen LogP contribution in [0.2, 0.25) is 0 Å². The molecule has 2 N–H and O–H groups in total. The summed E-state index contributed by atoms with van der Waals surface area (Å²) < 4.78 is 7.00. The molecule has 0 saturated heterocycles. The number of ketones is 2. The zero-order valence-corrected chi connectivity index (χ0v) is 22.2. The van der Waals surface area contributed by atoms with Gasteiger partial charge in [-0.2, -0.15) is 5.10 Å². The van der Waals surface area contributed by atoms with Gasteiger partial charge < -0.3 is 15.0 Å². The number of Topliss-reactive ketones (excluding diaryl/α,β-unsaturated/α-hetero) is 2. The Balaban J connectivity index is 1.35. The van der Waals surface area contributed by atoms with Crippen LogP contribution >= 0.6 is 0 Å². The minimum absolute atomic E-state index is 0.0134. The van der Waals surface area contributed by atoms with Crippen molar-refractivity contribution in [2.24, 2.45) is 0 Å². The first-order valence-electron chi connectivity index (χ1n) is 13.1. The molecule has 1 atom stereocenters. The maximum Gasteiger partial charge on any atom is 0.186 e. The number of ether oxygens (including phenoxy) is 1. The van der Waals surface area contributed by atoms with Crippen molar-refractivity contribution in [1.82, 2.24) is 20.1 Å². The van der Waals surface area contributed by atoms with E-state index in [1.165, 1.54) is 0 Å². The maximum absolute atomic E-state index is 13.9. The lowest BCUT2D eigenvalue weighted by molar-refractivity contribution is 0.0944. The summed E-state index contributed by atoms with van der Waals surface area (Å²) in [6.45, 7) is 3.48. The molecule has 0 unspecified atom stereocenters. The van der Waals surface area contributed by atoms with Gasteiger partial charge in [-0.1, -0.05) is 66.7 Å². The molecule has 0 aliphatic carbocycles. The van der Waals surface area contributed by atoms with Crippen molar-refractivity contribution in [3.05, 3.63) is 114 Å². The van der Waals surface area contributed by atoms with Crippen LogP contribution in [-0.4, -0.2) is 46.6 Å². The van der Waals surface area contributed by atoms with Gasteiger partial charge in [0.25, 0.3) is 0 Å². The van der Waals surface area contributed by atoms with Gasteiger partial charge in [0.15, 0.2) is 11.6 Å². The molecule has 0 aliphatic rings. The van der Waals surface area contributed by atoms with Gasteiger partial charge in [0, 0.05) is 53.6 Å². The molecule has 3 aromatic carbocycles. The standard InChI is InChI=1S/C32H32N4O3/c1-22(37)24-10-8-23(9-11-24)14-15-33-31(25-6-4-3-5-7-25)32(38)29-20-34-30-18-26(12-13-28(29)30)27-19-35-36(21-27)16-17-39-2/h3-13,18-21,31,33-34H,14-17H2,1-2H3/t31-/m1/s1. The number of benzene rings is 3. The molecule has 5 rings (SSSR count). The quantitative estimate of drug-likeness (QED) is 0.208. The summed E-state index contributed by atoms with van der Waals surface area (Å²) in [5.41, 5.74) is 6.32. The Morgan fingerprint density at radius 2 is 1.82 bits per heavy atom. The Bertz CT molecular complexity index is 1570. The number of aromatic amines is 1. The topological polar surface area (TPSA) is 89.0 Å². The number of H-pyrrole nitrogens is 1. The number of nitrogens with one attached hydrogen (secondary N) is 2. The lowest BCUT2D eigenvalue weighted by atomic mass is 9.96. The van der Waals surface area contributed by atoms with E-state index in [2.05, 4.69) is 21.5 Å². The highest BCUT2D eigenvalue weighted by Crippen LogP contribution is 2.29. The third kappa shape index (κ3) is 6.06. The first kappa shape index (κ1) is 26.3. The molecular weight excluding hydrogens is 488 g/mol. The molecule has 0 amide bonds. The van der Waals surface area contributed by atoms with Crippen molar-refractivity contribution in [1.29, 1.82) is 0 Å². The number of aromatic nitrogens is 3. The van der Waals surface area contributed by atoms with E-state index in [0.29, 0.717) is 30.8 Å². The number of fused-ring (bicyclic) bond motifs is 1. The fraction of sp³-hybridized carbons (Fsp3) is 0.219. The minimum Gasteiger partial charge on any atom is -0.383 e. The Morgan fingerprint density at radius 3 is 2.56 bits per heavy atom. The van der Waals surface area contributed by atoms with E-state index >= 15 is 0 Å². The molecule has 5 aromatic rings. The smallest absolute Gasteiger partial charge is 0.186 e. The number of rotatable bonds is 12. The molecule has 2 heterocycles. The third-order valence-electron chi connectivity index (χ3n) is 6.96. The summed E-state index contributed by atoms with van der Waals surface area (Å²) >= 11 is 0. The zero-order chi connectivity index (χ0) is 27.2. The number of hydrogen-bond donors (Lipinski definition) is 2. The van der Waals surface area contributed by atoms with Gasteiger partial charge in [-0.25, -0.2) is 0 Å². The van der Waals surface area contributed by atoms with Gasteiger partial charge in [-0.3, -0.25) is 14.3 Å². The summed E-state index contributed by atoms with van der Waals surface area (Å²) in [6.07, 6.45) is 6.38. The summed E-state index contributed by atoms with van der Waals surface area (Å²) in [4.78, 5) is 28.8. The highest BCUT2D eigenvalue weighted by atomic mass is 16.5. The average molecular weight is 521 g/mol. The van der Waals surface area contributed by atoms with E-state index in [1.54, 1.807) is 20.2 Å². The van der Waals surface area contributed by atoms with E-state index in [1.807, 2.05) is 83.8 Å². The first-order chi connectivity index (χ1) is 19.0. The highest BCUT2D eigenvalue weighted by Gasteiger charge is 2.24. The van der Waals surface area contributed by atoms with Gasteiger partial charge >= 0.3 is 0 Å². The predicted molar refractivity (Wildman–Crippen MR) is 153 cm³/mol. The number of carbonyl (C=O) groups excluding carboxylic acids is 2. The first-order valence-corrected chi connectivity index (χ1v) is 13.1. The van der Waals surface area contributed by atoms with Crippen LogP contribution in [0.1, 0.15) is 44.8 Å². The average Bonchev–Trinajstić information content (AvgIpc) is 3.61. The Morgan fingerprint density at radius 1 is 1.03 bits per heavy atom. The summed E-state index contributed by atoms with van der Waals surface area (Å²) in [5, 5.41) is 8.78. The van der Waals surface area contributed by atoms with E-state index in [4.69, 9.17) is 4.74 Å². The summed E-state index contributed by atoms with van der Waals surface area (Å²) in [7, 11) is 1.68. The van der Waals surface area contributed by atoms with Crippen LogP contribution in [-0.2, 0) is 17.7 Å². The molecule has 2 aromatic heterocycles. The number of nitrogens with zero attached hydrogens (tertiary/aromatic N) is 2. The second kappa shape index (κ2) is 12.0. The molecule has 7 heteroatoms. The molecule has 0 bridgehead atoms. The van der Waals surface area contributed by atoms with Crippen molar-refractivity contribution >= 4 is 22.5 Å². The van der Waals surface area contributed by atoms with E-state index in [0.717, 1.165) is 39.6 Å². The molecule has 0 fully saturated rings. The molecule has 0 saturated carbocycles. The number of methoxy groups -OCH3 is 1. The Hall–Kier alpha value is -4.33. The monoisotopic (exact) mass is 520 g/mol. The van der Waals surface area contributed by atoms with Crippen LogP contribution in [0.15, 0.2) is 91.4 Å². The van der Waals surface area contributed by atoms with Crippen LogP contribution in [0.3, 0.4) is 0 Å². The van der Waals surface area contributed by atoms with E-state index < -0.39 is 6.04 Å². The van der Waals surface area contributed by atoms with E-state index in [-0.39, 0.29) is 11.6 Å². The zero-order valence-electron chi connectivity index (χ0n) is 22.2. The summed E-state index contributed by atoms with van der Waals surface area (Å²) in [5.74, 6) is 0.0666. The molecule has 198 valence electrons. The molecule has 0 radical (unpaired) electrons. The Labute approximate surface area is 227 Å². The van der Waals surface area contributed by atoms with Crippen LogP contribution in [0.5, 0.6) is 0 Å². The van der Waals surface area contributed by atoms with Gasteiger partial charge in [-0.15, -0.1) is 0 Å². The van der Waals surface area contributed by atoms with Gasteiger partial charge in [0.2, 0.25) is 0 Å². The second-order valence-electron chi connectivity index (χ2n) is 9.61. The fourth-order valence-corrected chi connectivity index (χ4v) is 4.76. The normalized spacial score (nSPS) is 12.1. The molecular formula is C32H32N4O3. The predicted octanol–water partition coefficient (Wildman–Crippen LogP) is 5.64. The highest BCUT2D eigenvalue weighted by molar-refractivity contribution is 6.11. The van der Waals surface area contributed by atoms with Crippen LogP contribution in [0.25, 0.3) is 22.0 Å². The second-order valence-corrected chi connectivity index (χ2v) is 9.61. The molecule has 7 nitrogen and oxygen atoms in total. The molecule has 0 spiro atoms. The lowest BCUT2D eigenvalue weighted by Gasteiger charge is -2.18.